The van der Waals surface area contributed by atoms with E-state index in [0.29, 0.717) is 5.25 Å². The highest BCUT2D eigenvalue weighted by Gasteiger charge is 2.18. The van der Waals surface area contributed by atoms with Gasteiger partial charge in [-0.05, 0) is 37.7 Å². The first-order valence-corrected chi connectivity index (χ1v) is 4.96. The van der Waals surface area contributed by atoms with E-state index < -0.39 is 0 Å². The average Bonchev–Trinajstić information content (AvgIpc) is 2.06. The third kappa shape index (κ3) is 1.39. The van der Waals surface area contributed by atoms with Crippen molar-refractivity contribution in [1.82, 2.24) is 0 Å². The molecule has 0 amide bonds. The Bertz CT molecular complexity index is 213. The summed E-state index contributed by atoms with van der Waals surface area (Å²) in [5, 5.41) is 0.537. The molecule has 1 heteroatoms. The molecule has 0 aromatic heterocycles. The number of allylic oxidation sites excluding steroid dienone is 3. The predicted molar refractivity (Wildman–Crippen MR) is 52.0 cm³/mol. The predicted octanol–water partition coefficient (Wildman–Crippen LogP) is 3.12. The molecule has 0 nitrogen and oxygen atoms in total. The Labute approximate surface area is 73.8 Å². The highest BCUT2D eigenvalue weighted by atomic mass is 32.1. The highest BCUT2D eigenvalue weighted by molar-refractivity contribution is 7.81. The lowest BCUT2D eigenvalue weighted by Crippen LogP contribution is -2.12. The van der Waals surface area contributed by atoms with Gasteiger partial charge < -0.3 is 0 Å². The maximum absolute atomic E-state index is 4.57. The molecule has 2 rings (SSSR count). The van der Waals surface area contributed by atoms with Crippen LogP contribution in [0.3, 0.4) is 0 Å². The molecule has 1 unspecified atom stereocenters. The van der Waals surface area contributed by atoms with Crippen LogP contribution in [0.5, 0.6) is 0 Å². The van der Waals surface area contributed by atoms with Crippen LogP contribution in [0.1, 0.15) is 32.1 Å². The normalized spacial score (nSPS) is 30.5. The van der Waals surface area contributed by atoms with Gasteiger partial charge >= 0.3 is 0 Å². The van der Waals surface area contributed by atoms with Crippen LogP contribution in [-0.4, -0.2) is 5.25 Å². The second kappa shape index (κ2) is 3.06. The second-order valence-electron chi connectivity index (χ2n) is 3.41. The minimum absolute atomic E-state index is 0.537. The molecular weight excluding hydrogens is 152 g/mol. The molecule has 0 radical (unpaired) electrons. The van der Waals surface area contributed by atoms with Crippen molar-refractivity contribution in [2.45, 2.75) is 37.4 Å². The fraction of sp³-hybridized carbons (Fsp3) is 0.600. The molecule has 2 aliphatic carbocycles. The van der Waals surface area contributed by atoms with E-state index in [0.717, 1.165) is 6.42 Å². The summed E-state index contributed by atoms with van der Waals surface area (Å²) < 4.78 is 0. The van der Waals surface area contributed by atoms with Crippen molar-refractivity contribution in [3.8, 4) is 0 Å². The summed E-state index contributed by atoms with van der Waals surface area (Å²) in [5.74, 6) is 0. The lowest BCUT2D eigenvalue weighted by molar-refractivity contribution is 0.656. The number of hydrogen-bond donors (Lipinski definition) is 1. The molecule has 0 spiro atoms. The summed E-state index contributed by atoms with van der Waals surface area (Å²) in [5.41, 5.74) is 3.21. The minimum Gasteiger partial charge on any atom is -0.171 e. The van der Waals surface area contributed by atoms with Crippen LogP contribution in [-0.2, 0) is 0 Å². The van der Waals surface area contributed by atoms with Gasteiger partial charge in [-0.2, -0.15) is 12.6 Å². The van der Waals surface area contributed by atoms with Crippen molar-refractivity contribution < 1.29 is 0 Å². The summed E-state index contributed by atoms with van der Waals surface area (Å²) in [7, 11) is 0. The van der Waals surface area contributed by atoms with Gasteiger partial charge in [0.2, 0.25) is 0 Å². The summed E-state index contributed by atoms with van der Waals surface area (Å²) in [6.45, 7) is 0. The van der Waals surface area contributed by atoms with Crippen LogP contribution in [0, 0.1) is 0 Å². The maximum Gasteiger partial charge on any atom is 0.0266 e. The SMILES string of the molecule is SC1CC=CC2=C1CCCC2. The molecule has 0 heterocycles. The first-order valence-electron chi connectivity index (χ1n) is 4.44. The van der Waals surface area contributed by atoms with Crippen LogP contribution < -0.4 is 0 Å². The molecule has 0 aromatic carbocycles. The van der Waals surface area contributed by atoms with Gasteiger partial charge in [0.25, 0.3) is 0 Å². The highest BCUT2D eigenvalue weighted by Crippen LogP contribution is 2.34. The van der Waals surface area contributed by atoms with Crippen molar-refractivity contribution in [3.05, 3.63) is 23.3 Å². The Morgan fingerprint density at radius 1 is 1.27 bits per heavy atom. The zero-order valence-electron chi connectivity index (χ0n) is 6.71. The standard InChI is InChI=1S/C10H14S/c11-10-7-3-5-8-4-1-2-6-9(8)10/h3,5,10-11H,1-2,4,6-7H2. The molecule has 1 atom stereocenters. The average molecular weight is 166 g/mol. The van der Waals surface area contributed by atoms with Crippen molar-refractivity contribution in [2.24, 2.45) is 0 Å². The number of thiol groups is 1. The fourth-order valence-electron chi connectivity index (χ4n) is 2.00. The van der Waals surface area contributed by atoms with Crippen LogP contribution in [0.2, 0.25) is 0 Å². The molecule has 60 valence electrons. The molecule has 0 aliphatic heterocycles. The molecular formula is C10H14S. The topological polar surface area (TPSA) is 0 Å². The van der Waals surface area contributed by atoms with Gasteiger partial charge in [-0.25, -0.2) is 0 Å². The van der Waals surface area contributed by atoms with E-state index in [1.807, 2.05) is 0 Å². The zero-order chi connectivity index (χ0) is 7.68. The fourth-order valence-corrected chi connectivity index (χ4v) is 2.42. The van der Waals surface area contributed by atoms with Crippen LogP contribution in [0.25, 0.3) is 0 Å². The van der Waals surface area contributed by atoms with E-state index in [9.17, 15) is 0 Å². The van der Waals surface area contributed by atoms with E-state index in [4.69, 9.17) is 0 Å². The molecule has 0 saturated heterocycles. The van der Waals surface area contributed by atoms with Crippen LogP contribution in [0.4, 0.5) is 0 Å². The van der Waals surface area contributed by atoms with E-state index in [1.54, 1.807) is 11.1 Å². The monoisotopic (exact) mass is 166 g/mol. The first-order chi connectivity index (χ1) is 5.38. The molecule has 11 heavy (non-hydrogen) atoms. The van der Waals surface area contributed by atoms with Gasteiger partial charge in [0.15, 0.2) is 0 Å². The Balaban J connectivity index is 2.27. The molecule has 0 saturated carbocycles. The van der Waals surface area contributed by atoms with E-state index in [-0.39, 0.29) is 0 Å². The Hall–Kier alpha value is -0.170. The van der Waals surface area contributed by atoms with Gasteiger partial charge in [-0.15, -0.1) is 0 Å². The lowest BCUT2D eigenvalue weighted by atomic mass is 9.86. The van der Waals surface area contributed by atoms with Crippen LogP contribution >= 0.6 is 12.6 Å². The molecule has 0 N–H and O–H groups in total. The molecule has 0 aromatic rings. The summed E-state index contributed by atoms with van der Waals surface area (Å²) in [6, 6.07) is 0. The first kappa shape index (κ1) is 7.48. The van der Waals surface area contributed by atoms with Crippen molar-refractivity contribution >= 4 is 12.6 Å². The maximum atomic E-state index is 4.57. The number of rotatable bonds is 0. The number of hydrogen-bond acceptors (Lipinski definition) is 1. The van der Waals surface area contributed by atoms with Gasteiger partial charge in [-0.3, -0.25) is 0 Å². The molecule has 0 bridgehead atoms. The van der Waals surface area contributed by atoms with Crippen molar-refractivity contribution in [3.63, 3.8) is 0 Å². The van der Waals surface area contributed by atoms with E-state index in [2.05, 4.69) is 24.8 Å². The second-order valence-corrected chi connectivity index (χ2v) is 4.03. The Morgan fingerprint density at radius 2 is 2.09 bits per heavy atom. The third-order valence-corrected chi connectivity index (χ3v) is 3.16. The van der Waals surface area contributed by atoms with Gasteiger partial charge in [-0.1, -0.05) is 17.7 Å². The largest absolute Gasteiger partial charge is 0.171 e. The zero-order valence-corrected chi connectivity index (χ0v) is 7.61. The van der Waals surface area contributed by atoms with Gasteiger partial charge in [0, 0.05) is 5.25 Å². The Kier molecular flexibility index (Phi) is 2.08. The van der Waals surface area contributed by atoms with Crippen molar-refractivity contribution in [1.29, 1.82) is 0 Å². The quantitative estimate of drug-likeness (QED) is 0.525. The summed E-state index contributed by atoms with van der Waals surface area (Å²) in [6.07, 6.45) is 11.1. The Morgan fingerprint density at radius 3 is 2.91 bits per heavy atom. The van der Waals surface area contributed by atoms with E-state index >= 15 is 0 Å². The van der Waals surface area contributed by atoms with Gasteiger partial charge in [0.1, 0.15) is 0 Å². The molecule has 2 aliphatic rings. The van der Waals surface area contributed by atoms with Gasteiger partial charge in [0.05, 0.1) is 0 Å². The van der Waals surface area contributed by atoms with E-state index in [1.165, 1.54) is 25.7 Å². The summed E-state index contributed by atoms with van der Waals surface area (Å²) >= 11 is 4.57. The summed E-state index contributed by atoms with van der Waals surface area (Å²) in [4.78, 5) is 0. The lowest BCUT2D eigenvalue weighted by Gasteiger charge is -2.25. The molecule has 0 fully saturated rings. The minimum atomic E-state index is 0.537. The van der Waals surface area contributed by atoms with Crippen LogP contribution in [0.15, 0.2) is 23.3 Å². The third-order valence-electron chi connectivity index (χ3n) is 2.64. The smallest absolute Gasteiger partial charge is 0.0266 e. The van der Waals surface area contributed by atoms with Crippen molar-refractivity contribution in [2.75, 3.05) is 0 Å².